The lowest BCUT2D eigenvalue weighted by Gasteiger charge is -2.16. The van der Waals surface area contributed by atoms with Gasteiger partial charge in [-0.2, -0.15) is 0 Å². The van der Waals surface area contributed by atoms with E-state index in [1.807, 2.05) is 24.3 Å². The van der Waals surface area contributed by atoms with Gasteiger partial charge in [-0.15, -0.1) is 0 Å². The second-order valence-electron chi connectivity index (χ2n) is 5.68. The van der Waals surface area contributed by atoms with Crippen molar-refractivity contribution in [2.45, 2.75) is 6.42 Å². The molecule has 0 bridgehead atoms. The van der Waals surface area contributed by atoms with Crippen LogP contribution < -0.4 is 10.2 Å². The lowest BCUT2D eigenvalue weighted by Crippen LogP contribution is -2.28. The Morgan fingerprint density at radius 1 is 1.16 bits per heavy atom. The van der Waals surface area contributed by atoms with E-state index in [0.717, 1.165) is 3.57 Å². The van der Waals surface area contributed by atoms with E-state index in [9.17, 15) is 19.7 Å². The quantitative estimate of drug-likeness (QED) is 0.439. The molecule has 25 heavy (non-hydrogen) atoms. The summed E-state index contributed by atoms with van der Waals surface area (Å²) in [5.74, 6) is -0.836. The molecule has 1 heterocycles. The first-order valence-corrected chi connectivity index (χ1v) is 8.63. The Labute approximate surface area is 157 Å². The van der Waals surface area contributed by atoms with Gasteiger partial charge in [0.1, 0.15) is 0 Å². The van der Waals surface area contributed by atoms with Gasteiger partial charge in [-0.05, 0) is 59.0 Å². The zero-order valence-corrected chi connectivity index (χ0v) is 15.2. The molecule has 1 N–H and O–H groups in total. The largest absolute Gasteiger partial charge is 0.326 e. The molecule has 1 aliphatic rings. The summed E-state index contributed by atoms with van der Waals surface area (Å²) in [6.07, 6.45) is 0.118. The molecular formula is C17H14IN3O4. The molecule has 3 rings (SSSR count). The molecule has 8 heteroatoms. The van der Waals surface area contributed by atoms with Gasteiger partial charge in [-0.1, -0.05) is 0 Å². The van der Waals surface area contributed by atoms with Gasteiger partial charge in [0.15, 0.2) is 0 Å². The number of carbonyl (C=O) groups excluding carboxylic acids is 2. The van der Waals surface area contributed by atoms with Crippen LogP contribution in [-0.2, 0) is 9.59 Å². The van der Waals surface area contributed by atoms with Crippen molar-refractivity contribution in [3.63, 3.8) is 0 Å². The molecule has 7 nitrogen and oxygen atoms in total. The number of amides is 2. The molecule has 0 spiro atoms. The average molecular weight is 451 g/mol. The number of carbonyl (C=O) groups is 2. The smallest absolute Gasteiger partial charge is 0.269 e. The maximum Gasteiger partial charge on any atom is 0.269 e. The van der Waals surface area contributed by atoms with E-state index >= 15 is 0 Å². The number of nitro groups is 1. The zero-order chi connectivity index (χ0) is 18.0. The summed E-state index contributed by atoms with van der Waals surface area (Å²) in [7, 11) is 0. The van der Waals surface area contributed by atoms with Gasteiger partial charge in [0, 0.05) is 40.0 Å². The van der Waals surface area contributed by atoms with E-state index in [4.69, 9.17) is 0 Å². The number of nitrogens with one attached hydrogen (secondary N) is 1. The van der Waals surface area contributed by atoms with Crippen molar-refractivity contribution < 1.29 is 14.5 Å². The van der Waals surface area contributed by atoms with E-state index < -0.39 is 10.8 Å². The van der Waals surface area contributed by atoms with Crippen molar-refractivity contribution in [1.29, 1.82) is 0 Å². The van der Waals surface area contributed by atoms with Gasteiger partial charge in [-0.25, -0.2) is 0 Å². The Kier molecular flexibility index (Phi) is 4.98. The fourth-order valence-corrected chi connectivity index (χ4v) is 3.02. The number of nitro benzene ring substituents is 1. The normalized spacial score (nSPS) is 16.8. The Morgan fingerprint density at radius 2 is 1.80 bits per heavy atom. The van der Waals surface area contributed by atoms with Crippen molar-refractivity contribution in [2.24, 2.45) is 5.92 Å². The van der Waals surface area contributed by atoms with Crippen LogP contribution in [0.2, 0.25) is 0 Å². The predicted molar refractivity (Wildman–Crippen MR) is 101 cm³/mol. The Hall–Kier alpha value is -2.49. The number of nitrogens with zero attached hydrogens (tertiary/aromatic N) is 2. The van der Waals surface area contributed by atoms with E-state index in [1.54, 1.807) is 0 Å². The standard InChI is InChI=1S/C17H14IN3O4/c18-12-1-3-13(4-2-12)19-17(23)11-9-16(22)20(10-11)14-5-7-15(8-6-14)21(24)25/h1-8,11H,9-10H2,(H,19,23)/t11-/m1/s1. The Balaban J connectivity index is 1.68. The van der Waals surface area contributed by atoms with Crippen LogP contribution in [-0.4, -0.2) is 23.3 Å². The molecule has 0 unspecified atom stereocenters. The molecule has 2 aromatic rings. The molecule has 1 fully saturated rings. The third kappa shape index (κ3) is 3.95. The molecule has 1 saturated heterocycles. The minimum atomic E-state index is -0.493. The van der Waals surface area contributed by atoms with Gasteiger partial charge < -0.3 is 10.2 Å². The van der Waals surface area contributed by atoms with Gasteiger partial charge in [-0.3, -0.25) is 19.7 Å². The van der Waals surface area contributed by atoms with E-state index in [2.05, 4.69) is 27.9 Å². The number of rotatable bonds is 4. The monoisotopic (exact) mass is 451 g/mol. The molecule has 2 amide bonds. The van der Waals surface area contributed by atoms with Crippen molar-refractivity contribution >= 4 is 51.5 Å². The summed E-state index contributed by atoms with van der Waals surface area (Å²) in [5.41, 5.74) is 1.20. The summed E-state index contributed by atoms with van der Waals surface area (Å²) in [6.45, 7) is 0.257. The Morgan fingerprint density at radius 3 is 2.40 bits per heavy atom. The van der Waals surface area contributed by atoms with Gasteiger partial charge in [0.2, 0.25) is 11.8 Å². The molecule has 0 aliphatic carbocycles. The second kappa shape index (κ2) is 7.18. The molecule has 2 aromatic carbocycles. The van der Waals surface area contributed by atoms with Crippen molar-refractivity contribution in [3.05, 3.63) is 62.2 Å². The highest BCUT2D eigenvalue weighted by molar-refractivity contribution is 14.1. The third-order valence-electron chi connectivity index (χ3n) is 3.98. The summed E-state index contributed by atoms with van der Waals surface area (Å²) in [6, 6.07) is 13.1. The number of halogens is 1. The topological polar surface area (TPSA) is 92.6 Å². The number of non-ortho nitro benzene ring substituents is 1. The van der Waals surface area contributed by atoms with Gasteiger partial charge in [0.05, 0.1) is 10.8 Å². The van der Waals surface area contributed by atoms with E-state index in [0.29, 0.717) is 11.4 Å². The molecule has 0 radical (unpaired) electrons. The van der Waals surface area contributed by atoms with Crippen LogP contribution in [0.4, 0.5) is 17.1 Å². The molecule has 1 aliphatic heterocycles. The summed E-state index contributed by atoms with van der Waals surface area (Å²) in [5, 5.41) is 13.5. The summed E-state index contributed by atoms with van der Waals surface area (Å²) in [4.78, 5) is 36.3. The highest BCUT2D eigenvalue weighted by Crippen LogP contribution is 2.27. The lowest BCUT2D eigenvalue weighted by molar-refractivity contribution is -0.384. The number of hydrogen-bond donors (Lipinski definition) is 1. The first kappa shape index (κ1) is 17.3. The Bertz CT molecular complexity index is 821. The zero-order valence-electron chi connectivity index (χ0n) is 13.0. The van der Waals surface area contributed by atoms with Crippen molar-refractivity contribution in [3.8, 4) is 0 Å². The molecular weight excluding hydrogens is 437 g/mol. The van der Waals surface area contributed by atoms with E-state index in [1.165, 1.54) is 29.2 Å². The first-order valence-electron chi connectivity index (χ1n) is 7.55. The lowest BCUT2D eigenvalue weighted by atomic mass is 10.1. The first-order chi connectivity index (χ1) is 11.9. The highest BCUT2D eigenvalue weighted by Gasteiger charge is 2.35. The maximum absolute atomic E-state index is 12.4. The highest BCUT2D eigenvalue weighted by atomic mass is 127. The van der Waals surface area contributed by atoms with Crippen LogP contribution in [0.25, 0.3) is 0 Å². The van der Waals surface area contributed by atoms with Crippen LogP contribution in [0.15, 0.2) is 48.5 Å². The third-order valence-corrected chi connectivity index (χ3v) is 4.70. The van der Waals surface area contributed by atoms with Crippen molar-refractivity contribution in [2.75, 3.05) is 16.8 Å². The predicted octanol–water partition coefficient (Wildman–Crippen LogP) is 3.19. The number of benzene rings is 2. The van der Waals surface area contributed by atoms with Crippen molar-refractivity contribution in [1.82, 2.24) is 0 Å². The van der Waals surface area contributed by atoms with Crippen LogP contribution in [0.3, 0.4) is 0 Å². The minimum Gasteiger partial charge on any atom is -0.326 e. The fourth-order valence-electron chi connectivity index (χ4n) is 2.66. The van der Waals surface area contributed by atoms with Crippen LogP contribution in [0.1, 0.15) is 6.42 Å². The number of hydrogen-bond acceptors (Lipinski definition) is 4. The molecule has 0 aromatic heterocycles. The molecule has 0 saturated carbocycles. The summed E-state index contributed by atoms with van der Waals surface area (Å²) >= 11 is 2.18. The number of anilines is 2. The molecule has 128 valence electrons. The van der Waals surface area contributed by atoms with E-state index in [-0.39, 0.29) is 30.5 Å². The minimum absolute atomic E-state index is 0.0385. The second-order valence-corrected chi connectivity index (χ2v) is 6.92. The van der Waals surface area contributed by atoms with Crippen LogP contribution in [0, 0.1) is 19.6 Å². The molecule has 1 atom stereocenters. The maximum atomic E-state index is 12.4. The van der Waals surface area contributed by atoms with Gasteiger partial charge in [0.25, 0.3) is 5.69 Å². The average Bonchev–Trinajstić information content (AvgIpc) is 2.99. The van der Waals surface area contributed by atoms with Gasteiger partial charge >= 0.3 is 0 Å². The summed E-state index contributed by atoms with van der Waals surface area (Å²) < 4.78 is 1.07. The van der Waals surface area contributed by atoms with Crippen LogP contribution >= 0.6 is 22.6 Å². The fraction of sp³-hybridized carbons (Fsp3) is 0.176. The van der Waals surface area contributed by atoms with Crippen LogP contribution in [0.5, 0.6) is 0 Å². The SMILES string of the molecule is O=C(Nc1ccc(I)cc1)[C@@H]1CC(=O)N(c2ccc([N+](=O)[O-])cc2)C1.